The van der Waals surface area contributed by atoms with Crippen LogP contribution >= 0.6 is 0 Å². The standard InChI is InChI=1S/C7H16N2O2/c1-3-5-11-6(4-2)7(8)9-10/h6,10H,3-5H2,1-2H3,(H2,8,9). The summed E-state index contributed by atoms with van der Waals surface area (Å²) in [6.07, 6.45) is 1.44. The van der Waals surface area contributed by atoms with Gasteiger partial charge in [-0.3, -0.25) is 0 Å². The van der Waals surface area contributed by atoms with E-state index in [0.717, 1.165) is 12.8 Å². The number of ether oxygens (including phenoxy) is 1. The van der Waals surface area contributed by atoms with Crippen molar-refractivity contribution in [2.45, 2.75) is 32.8 Å². The van der Waals surface area contributed by atoms with E-state index in [1.165, 1.54) is 0 Å². The van der Waals surface area contributed by atoms with E-state index in [4.69, 9.17) is 15.7 Å². The highest BCUT2D eigenvalue weighted by Gasteiger charge is 2.10. The van der Waals surface area contributed by atoms with E-state index in [2.05, 4.69) is 5.16 Å². The molecule has 1 atom stereocenters. The van der Waals surface area contributed by atoms with Gasteiger partial charge in [-0.2, -0.15) is 0 Å². The zero-order chi connectivity index (χ0) is 8.69. The molecule has 66 valence electrons. The Balaban J connectivity index is 3.75. The fourth-order valence-electron chi connectivity index (χ4n) is 0.737. The van der Waals surface area contributed by atoms with E-state index in [-0.39, 0.29) is 11.9 Å². The Morgan fingerprint density at radius 2 is 2.27 bits per heavy atom. The molecule has 4 nitrogen and oxygen atoms in total. The maximum Gasteiger partial charge on any atom is 0.168 e. The molecule has 1 unspecified atom stereocenters. The highest BCUT2D eigenvalue weighted by molar-refractivity contribution is 5.84. The van der Waals surface area contributed by atoms with Crippen molar-refractivity contribution in [1.29, 1.82) is 0 Å². The van der Waals surface area contributed by atoms with E-state index < -0.39 is 0 Å². The van der Waals surface area contributed by atoms with E-state index in [1.807, 2.05) is 13.8 Å². The second-order valence-electron chi connectivity index (χ2n) is 2.29. The molecule has 0 aliphatic carbocycles. The molecule has 0 saturated heterocycles. The van der Waals surface area contributed by atoms with Crippen LogP contribution in [-0.2, 0) is 4.74 Å². The van der Waals surface area contributed by atoms with Gasteiger partial charge in [0, 0.05) is 6.61 Å². The van der Waals surface area contributed by atoms with Crippen LogP contribution in [0, 0.1) is 0 Å². The molecule has 0 aromatic heterocycles. The zero-order valence-corrected chi connectivity index (χ0v) is 7.08. The summed E-state index contributed by atoms with van der Waals surface area (Å²) in [7, 11) is 0. The lowest BCUT2D eigenvalue weighted by atomic mass is 10.2. The third-order valence-electron chi connectivity index (χ3n) is 1.34. The summed E-state index contributed by atoms with van der Waals surface area (Å²) < 4.78 is 5.28. The lowest BCUT2D eigenvalue weighted by Gasteiger charge is -2.12. The summed E-state index contributed by atoms with van der Waals surface area (Å²) in [6.45, 7) is 4.59. The second-order valence-corrected chi connectivity index (χ2v) is 2.29. The monoisotopic (exact) mass is 160 g/mol. The summed E-state index contributed by atoms with van der Waals surface area (Å²) in [4.78, 5) is 0. The number of nitrogens with zero attached hydrogens (tertiary/aromatic N) is 1. The SMILES string of the molecule is CCCOC(CC)C(N)=NO. The predicted molar refractivity (Wildman–Crippen MR) is 43.7 cm³/mol. The van der Waals surface area contributed by atoms with Gasteiger partial charge >= 0.3 is 0 Å². The van der Waals surface area contributed by atoms with Gasteiger partial charge in [-0.1, -0.05) is 19.0 Å². The molecule has 0 bridgehead atoms. The number of amidine groups is 1. The van der Waals surface area contributed by atoms with Crippen molar-refractivity contribution < 1.29 is 9.94 Å². The zero-order valence-electron chi connectivity index (χ0n) is 7.08. The van der Waals surface area contributed by atoms with Gasteiger partial charge in [0.15, 0.2) is 5.84 Å². The summed E-state index contributed by atoms with van der Waals surface area (Å²) in [6, 6.07) is 0. The van der Waals surface area contributed by atoms with Crippen LogP contribution in [0.5, 0.6) is 0 Å². The van der Waals surface area contributed by atoms with Gasteiger partial charge in [-0.25, -0.2) is 0 Å². The number of hydrogen-bond acceptors (Lipinski definition) is 3. The van der Waals surface area contributed by atoms with Gasteiger partial charge in [-0.05, 0) is 12.8 Å². The fourth-order valence-corrected chi connectivity index (χ4v) is 0.737. The van der Waals surface area contributed by atoms with Gasteiger partial charge < -0.3 is 15.7 Å². The van der Waals surface area contributed by atoms with Crippen molar-refractivity contribution in [3.8, 4) is 0 Å². The van der Waals surface area contributed by atoms with Crippen molar-refractivity contribution in [1.82, 2.24) is 0 Å². The van der Waals surface area contributed by atoms with Crippen molar-refractivity contribution in [2.24, 2.45) is 10.9 Å². The molecular weight excluding hydrogens is 144 g/mol. The van der Waals surface area contributed by atoms with Crippen LogP contribution in [0.15, 0.2) is 5.16 Å². The number of hydrogen-bond donors (Lipinski definition) is 2. The molecule has 0 radical (unpaired) electrons. The minimum atomic E-state index is -0.236. The molecule has 0 heterocycles. The summed E-state index contributed by atoms with van der Waals surface area (Å²) in [5.41, 5.74) is 5.34. The molecule has 0 aromatic rings. The summed E-state index contributed by atoms with van der Waals surface area (Å²) in [5.74, 6) is 0.154. The third-order valence-corrected chi connectivity index (χ3v) is 1.34. The molecule has 0 aromatic carbocycles. The van der Waals surface area contributed by atoms with Crippen molar-refractivity contribution in [3.63, 3.8) is 0 Å². The van der Waals surface area contributed by atoms with E-state index in [9.17, 15) is 0 Å². The molecule has 11 heavy (non-hydrogen) atoms. The first kappa shape index (κ1) is 10.2. The Hall–Kier alpha value is -0.770. The predicted octanol–water partition coefficient (Wildman–Crippen LogP) is 0.938. The smallest absolute Gasteiger partial charge is 0.168 e. The van der Waals surface area contributed by atoms with Crippen LogP contribution < -0.4 is 5.73 Å². The molecule has 4 heteroatoms. The Morgan fingerprint density at radius 3 is 2.64 bits per heavy atom. The van der Waals surface area contributed by atoms with Crippen molar-refractivity contribution in [3.05, 3.63) is 0 Å². The molecule has 0 rings (SSSR count). The van der Waals surface area contributed by atoms with Crippen LogP contribution in [0.3, 0.4) is 0 Å². The average Bonchev–Trinajstić information content (AvgIpc) is 2.05. The van der Waals surface area contributed by atoms with Crippen LogP contribution in [0.1, 0.15) is 26.7 Å². The van der Waals surface area contributed by atoms with Crippen LogP contribution in [0.25, 0.3) is 0 Å². The Labute approximate surface area is 67.0 Å². The number of nitrogens with two attached hydrogens (primary N) is 1. The first-order chi connectivity index (χ1) is 5.26. The minimum Gasteiger partial charge on any atom is -0.409 e. The minimum absolute atomic E-state index is 0.154. The first-order valence-corrected chi connectivity index (χ1v) is 3.85. The fraction of sp³-hybridized carbons (Fsp3) is 0.857. The van der Waals surface area contributed by atoms with E-state index in [1.54, 1.807) is 0 Å². The normalized spacial score (nSPS) is 14.9. The number of oxime groups is 1. The molecular formula is C7H16N2O2. The van der Waals surface area contributed by atoms with Crippen molar-refractivity contribution in [2.75, 3.05) is 6.61 Å². The highest BCUT2D eigenvalue weighted by atomic mass is 16.5. The Kier molecular flexibility index (Phi) is 5.56. The van der Waals surface area contributed by atoms with Crippen LogP contribution in [0.2, 0.25) is 0 Å². The van der Waals surface area contributed by atoms with E-state index in [0.29, 0.717) is 6.61 Å². The molecule has 3 N–H and O–H groups in total. The molecule has 0 aliphatic heterocycles. The molecule has 0 spiro atoms. The Morgan fingerprint density at radius 1 is 1.64 bits per heavy atom. The van der Waals surface area contributed by atoms with Crippen molar-refractivity contribution >= 4 is 5.84 Å². The van der Waals surface area contributed by atoms with Crippen LogP contribution in [-0.4, -0.2) is 23.8 Å². The topological polar surface area (TPSA) is 67.8 Å². The average molecular weight is 160 g/mol. The van der Waals surface area contributed by atoms with Gasteiger partial charge in [0.25, 0.3) is 0 Å². The maximum absolute atomic E-state index is 8.32. The summed E-state index contributed by atoms with van der Waals surface area (Å²) in [5, 5.41) is 11.2. The quantitative estimate of drug-likeness (QED) is 0.272. The van der Waals surface area contributed by atoms with Crippen LogP contribution in [0.4, 0.5) is 0 Å². The molecule has 0 fully saturated rings. The molecule has 0 saturated carbocycles. The summed E-state index contributed by atoms with van der Waals surface area (Å²) >= 11 is 0. The lowest BCUT2D eigenvalue weighted by molar-refractivity contribution is 0.0923. The second kappa shape index (κ2) is 5.97. The Bertz CT molecular complexity index is 126. The highest BCUT2D eigenvalue weighted by Crippen LogP contribution is 1.98. The van der Waals surface area contributed by atoms with Gasteiger partial charge in [0.1, 0.15) is 6.10 Å². The van der Waals surface area contributed by atoms with Gasteiger partial charge in [-0.15, -0.1) is 0 Å². The van der Waals surface area contributed by atoms with Gasteiger partial charge in [0.05, 0.1) is 0 Å². The lowest BCUT2D eigenvalue weighted by Crippen LogP contribution is -2.31. The number of rotatable bonds is 5. The molecule has 0 amide bonds. The van der Waals surface area contributed by atoms with E-state index >= 15 is 0 Å². The molecule has 0 aliphatic rings. The van der Waals surface area contributed by atoms with Gasteiger partial charge in [0.2, 0.25) is 0 Å². The third kappa shape index (κ3) is 3.83. The first-order valence-electron chi connectivity index (χ1n) is 3.85. The maximum atomic E-state index is 8.32. The largest absolute Gasteiger partial charge is 0.409 e.